The first-order chi connectivity index (χ1) is 15.7. The van der Waals surface area contributed by atoms with Gasteiger partial charge < -0.3 is 15.0 Å². The fraction of sp³-hybridized carbons (Fsp3) is 0.375. The van der Waals surface area contributed by atoms with E-state index in [1.807, 2.05) is 61.5 Å². The van der Waals surface area contributed by atoms with Gasteiger partial charge in [-0.2, -0.15) is 0 Å². The Labute approximate surface area is 193 Å². The molecule has 8 heteroatoms. The summed E-state index contributed by atoms with van der Waals surface area (Å²) in [5, 5.41) is 12.4. The van der Waals surface area contributed by atoms with Crippen molar-refractivity contribution in [1.29, 1.82) is 0 Å². The fourth-order valence-electron chi connectivity index (χ4n) is 3.83. The maximum atomic E-state index is 12.8. The summed E-state index contributed by atoms with van der Waals surface area (Å²) in [6.07, 6.45) is 3.57. The average Bonchev–Trinajstić information content (AvgIpc) is 3.27. The summed E-state index contributed by atoms with van der Waals surface area (Å²) in [5.41, 5.74) is 1.95. The molecule has 0 saturated carbocycles. The molecule has 0 radical (unpaired) electrons. The second-order valence-corrected chi connectivity index (χ2v) is 9.10. The van der Waals surface area contributed by atoms with Crippen molar-refractivity contribution < 1.29 is 9.53 Å². The number of nitrogens with zero attached hydrogens (tertiary/aromatic N) is 4. The van der Waals surface area contributed by atoms with Crippen LogP contribution in [0.25, 0.3) is 5.69 Å². The number of nitrogens with one attached hydrogen (secondary N) is 1. The van der Waals surface area contributed by atoms with Crippen LogP contribution in [-0.4, -0.2) is 46.1 Å². The molecule has 1 aliphatic heterocycles. The van der Waals surface area contributed by atoms with Crippen LogP contribution >= 0.6 is 11.8 Å². The van der Waals surface area contributed by atoms with Crippen LogP contribution in [0.5, 0.6) is 5.75 Å². The van der Waals surface area contributed by atoms with Gasteiger partial charge in [-0.1, -0.05) is 48.2 Å². The molecular formula is C24H29N5O2S. The molecule has 32 heavy (non-hydrogen) atoms. The maximum absolute atomic E-state index is 12.8. The fourth-order valence-corrected chi connectivity index (χ4v) is 4.71. The standard InChI is InChI=1S/C24H29N5O2S/c1-18(22(30)25-17-19-11-7-8-14-21(19)31-2)32-24-27-26-23(28-15-9-4-10-16-28)29(24)20-12-5-3-6-13-20/h3,5-8,11-14,18H,4,9-10,15-17H2,1-2H3,(H,25,30). The van der Waals surface area contributed by atoms with E-state index in [2.05, 4.69) is 25.0 Å². The first kappa shape index (κ1) is 22.2. The Bertz CT molecular complexity index is 1030. The van der Waals surface area contributed by atoms with Gasteiger partial charge in [-0.15, -0.1) is 10.2 Å². The highest BCUT2D eigenvalue weighted by Crippen LogP contribution is 2.30. The van der Waals surface area contributed by atoms with Crippen LogP contribution < -0.4 is 15.0 Å². The number of hydrogen-bond donors (Lipinski definition) is 1. The molecule has 4 rings (SSSR count). The number of piperidine rings is 1. The van der Waals surface area contributed by atoms with Gasteiger partial charge in [-0.3, -0.25) is 9.36 Å². The van der Waals surface area contributed by atoms with Gasteiger partial charge in [-0.25, -0.2) is 0 Å². The lowest BCUT2D eigenvalue weighted by Gasteiger charge is -2.28. The van der Waals surface area contributed by atoms with Crippen molar-refractivity contribution in [2.24, 2.45) is 0 Å². The molecule has 2 aromatic carbocycles. The molecule has 0 spiro atoms. The van der Waals surface area contributed by atoms with Gasteiger partial charge in [0.05, 0.1) is 18.0 Å². The highest BCUT2D eigenvalue weighted by atomic mass is 32.2. The molecule has 3 aromatic rings. The van der Waals surface area contributed by atoms with E-state index in [0.29, 0.717) is 6.54 Å². The average molecular weight is 452 g/mol. The largest absolute Gasteiger partial charge is 0.496 e. The number of ether oxygens (including phenoxy) is 1. The molecule has 1 aromatic heterocycles. The molecule has 1 saturated heterocycles. The van der Waals surface area contributed by atoms with Crippen molar-refractivity contribution >= 4 is 23.6 Å². The third kappa shape index (κ3) is 5.07. The van der Waals surface area contributed by atoms with Crippen LogP contribution in [0.15, 0.2) is 59.8 Å². The summed E-state index contributed by atoms with van der Waals surface area (Å²) >= 11 is 1.42. The summed E-state index contributed by atoms with van der Waals surface area (Å²) < 4.78 is 7.45. The number of thioether (sulfide) groups is 1. The normalized spacial score (nSPS) is 14.8. The van der Waals surface area contributed by atoms with Gasteiger partial charge in [0.2, 0.25) is 11.9 Å². The van der Waals surface area contributed by atoms with Crippen molar-refractivity contribution in [3.05, 3.63) is 60.2 Å². The first-order valence-corrected chi connectivity index (χ1v) is 11.9. The molecule has 1 atom stereocenters. The van der Waals surface area contributed by atoms with Gasteiger partial charge in [0, 0.05) is 25.2 Å². The molecule has 1 fully saturated rings. The van der Waals surface area contributed by atoms with Crippen LogP contribution in [0.1, 0.15) is 31.7 Å². The number of amides is 1. The lowest BCUT2D eigenvalue weighted by molar-refractivity contribution is -0.120. The zero-order valence-corrected chi connectivity index (χ0v) is 19.3. The van der Waals surface area contributed by atoms with Crippen molar-refractivity contribution in [3.8, 4) is 11.4 Å². The molecule has 2 heterocycles. The SMILES string of the molecule is COc1ccccc1CNC(=O)C(C)Sc1nnc(N2CCCCC2)n1-c1ccccc1. The Morgan fingerprint density at radius 2 is 1.78 bits per heavy atom. The second kappa shape index (κ2) is 10.5. The monoisotopic (exact) mass is 451 g/mol. The van der Waals surface area contributed by atoms with Crippen LogP contribution in [-0.2, 0) is 11.3 Å². The van der Waals surface area contributed by atoms with Crippen molar-refractivity contribution in [3.63, 3.8) is 0 Å². The lowest BCUT2D eigenvalue weighted by Crippen LogP contribution is -2.32. The minimum atomic E-state index is -0.328. The third-order valence-corrected chi connectivity index (χ3v) is 6.61. The molecule has 0 aliphatic carbocycles. The van der Waals surface area contributed by atoms with Crippen LogP contribution in [0.4, 0.5) is 5.95 Å². The molecule has 7 nitrogen and oxygen atoms in total. The number of rotatable bonds is 8. The van der Waals surface area contributed by atoms with Crippen molar-refractivity contribution in [2.75, 3.05) is 25.1 Å². The van der Waals surface area contributed by atoms with Gasteiger partial charge in [0.25, 0.3) is 0 Å². The number of anilines is 1. The molecule has 0 bridgehead atoms. The predicted octanol–water partition coefficient (Wildman–Crippen LogP) is 4.06. The summed E-state index contributed by atoms with van der Waals surface area (Å²) in [7, 11) is 1.63. The maximum Gasteiger partial charge on any atom is 0.233 e. The Kier molecular flexibility index (Phi) is 7.32. The Hall–Kier alpha value is -3.00. The minimum Gasteiger partial charge on any atom is -0.496 e. The van der Waals surface area contributed by atoms with Crippen molar-refractivity contribution in [2.45, 2.75) is 43.1 Å². The number of methoxy groups -OCH3 is 1. The Morgan fingerprint density at radius 3 is 2.53 bits per heavy atom. The summed E-state index contributed by atoms with van der Waals surface area (Å²) in [5.74, 6) is 1.56. The first-order valence-electron chi connectivity index (χ1n) is 11.0. The van der Waals surface area contributed by atoms with Crippen LogP contribution in [0.2, 0.25) is 0 Å². The van der Waals surface area contributed by atoms with Crippen LogP contribution in [0, 0.1) is 0 Å². The second-order valence-electron chi connectivity index (χ2n) is 7.79. The van der Waals surface area contributed by atoms with E-state index in [1.165, 1.54) is 18.2 Å². The number of para-hydroxylation sites is 2. The third-order valence-electron chi connectivity index (χ3n) is 5.57. The van der Waals surface area contributed by atoms with Gasteiger partial charge in [0.15, 0.2) is 5.16 Å². The Morgan fingerprint density at radius 1 is 1.06 bits per heavy atom. The predicted molar refractivity (Wildman–Crippen MR) is 128 cm³/mol. The van der Waals surface area contributed by atoms with Crippen molar-refractivity contribution in [1.82, 2.24) is 20.1 Å². The minimum absolute atomic E-state index is 0.0527. The number of benzene rings is 2. The number of aromatic nitrogens is 3. The van der Waals surface area contributed by atoms with Gasteiger partial charge in [0.1, 0.15) is 5.75 Å². The molecule has 1 N–H and O–H groups in total. The molecule has 1 aliphatic rings. The summed E-state index contributed by atoms with van der Waals surface area (Å²) in [6, 6.07) is 17.8. The van der Waals surface area contributed by atoms with E-state index in [9.17, 15) is 4.79 Å². The van der Waals surface area contributed by atoms with Gasteiger partial charge >= 0.3 is 0 Å². The zero-order valence-electron chi connectivity index (χ0n) is 18.5. The zero-order chi connectivity index (χ0) is 22.3. The van der Waals surface area contributed by atoms with Crippen LogP contribution in [0.3, 0.4) is 0 Å². The van der Waals surface area contributed by atoms with Gasteiger partial charge in [-0.05, 0) is 44.4 Å². The molecule has 1 amide bonds. The smallest absolute Gasteiger partial charge is 0.233 e. The van der Waals surface area contributed by atoms with E-state index in [1.54, 1.807) is 7.11 Å². The van der Waals surface area contributed by atoms with E-state index in [0.717, 1.165) is 54.0 Å². The summed E-state index contributed by atoms with van der Waals surface area (Å²) in [6.45, 7) is 4.26. The number of carbonyl (C=O) groups is 1. The van der Waals surface area contributed by atoms with E-state index >= 15 is 0 Å². The number of hydrogen-bond acceptors (Lipinski definition) is 6. The highest BCUT2D eigenvalue weighted by molar-refractivity contribution is 8.00. The molecule has 168 valence electrons. The summed E-state index contributed by atoms with van der Waals surface area (Å²) in [4.78, 5) is 15.1. The lowest BCUT2D eigenvalue weighted by atomic mass is 10.1. The number of carbonyl (C=O) groups excluding carboxylic acids is 1. The molecular weight excluding hydrogens is 422 g/mol. The van der Waals surface area contributed by atoms with E-state index in [-0.39, 0.29) is 11.2 Å². The van der Waals surface area contributed by atoms with E-state index < -0.39 is 0 Å². The van der Waals surface area contributed by atoms with E-state index in [4.69, 9.17) is 4.74 Å². The Balaban J connectivity index is 1.50. The topological polar surface area (TPSA) is 72.3 Å². The highest BCUT2D eigenvalue weighted by Gasteiger charge is 2.24. The quantitative estimate of drug-likeness (QED) is 0.521. The molecule has 1 unspecified atom stereocenters.